The lowest BCUT2D eigenvalue weighted by atomic mass is 9.72. The van der Waals surface area contributed by atoms with Gasteiger partial charge < -0.3 is 154 Å². The Hall–Kier alpha value is -2.74. The summed E-state index contributed by atoms with van der Waals surface area (Å²) in [5.41, 5.74) is 0. The molecule has 0 amide bonds. The molecule has 0 aromatic rings. The third kappa shape index (κ3) is 16.5. The first kappa shape index (κ1) is 71.6. The number of aliphatic hydroxyl groups excluding tert-OH is 20. The topological polar surface area (TPSA) is 544 Å². The number of esters is 2. The van der Waals surface area contributed by atoms with Crippen LogP contribution < -0.4 is 0 Å². The first-order valence-corrected chi connectivity index (χ1v) is 30.9. The summed E-state index contributed by atoms with van der Waals surface area (Å²) in [6, 6.07) is 0. The molecule has 9 rings (SSSR count). The van der Waals surface area contributed by atoms with E-state index in [1.807, 2.05) is 0 Å². The van der Waals surface area contributed by atoms with Crippen LogP contribution in [0.3, 0.4) is 0 Å². The van der Waals surface area contributed by atoms with Gasteiger partial charge in [-0.05, 0) is 69.6 Å². The summed E-state index contributed by atoms with van der Waals surface area (Å²) in [6.45, 7) is -2.68. The van der Waals surface area contributed by atoms with Gasteiger partial charge in [-0.1, -0.05) is 12.2 Å². The van der Waals surface area contributed by atoms with Crippen LogP contribution in [0.2, 0.25) is 0 Å². The number of rotatable bonds is 19. The normalized spacial score (nSPS) is 50.5. The lowest BCUT2D eigenvalue weighted by Crippen LogP contribution is -2.64. The fourth-order valence-electron chi connectivity index (χ4n) is 13.9. The molecule has 0 aromatic heterocycles. The maximum atomic E-state index is 13.1. The Labute approximate surface area is 515 Å². The predicted molar refractivity (Wildman–Crippen MR) is 291 cm³/mol. The first-order chi connectivity index (χ1) is 42.7. The molecule has 4 aliphatic carbocycles. The summed E-state index contributed by atoms with van der Waals surface area (Å²) in [5, 5.41) is 212. The Bertz CT molecular complexity index is 2330. The molecule has 5 aliphatic heterocycles. The zero-order valence-corrected chi connectivity index (χ0v) is 49.0. The highest BCUT2D eigenvalue weighted by molar-refractivity contribution is 5.82. The van der Waals surface area contributed by atoms with Gasteiger partial charge in [0.2, 0.25) is 0 Å². The van der Waals surface area contributed by atoms with Gasteiger partial charge in [0.15, 0.2) is 37.4 Å². The van der Waals surface area contributed by atoms with E-state index in [1.165, 1.54) is 12.2 Å². The van der Waals surface area contributed by atoms with Crippen LogP contribution in [0.4, 0.5) is 0 Å². The van der Waals surface area contributed by atoms with Gasteiger partial charge in [0.1, 0.15) is 123 Å². The lowest BCUT2D eigenvalue weighted by Gasteiger charge is -2.50. The van der Waals surface area contributed by atoms with Crippen molar-refractivity contribution in [3.63, 3.8) is 0 Å². The molecule has 90 heavy (non-hydrogen) atoms. The lowest BCUT2D eigenvalue weighted by molar-refractivity contribution is -0.368. The molecule has 0 radical (unpaired) electrons. The molecule has 34 atom stereocenters. The summed E-state index contributed by atoms with van der Waals surface area (Å²) in [4.78, 5) is 25.9. The van der Waals surface area contributed by atoms with Crippen LogP contribution in [-0.2, 0) is 57.0 Å². The van der Waals surface area contributed by atoms with Crippen molar-refractivity contribution in [1.29, 1.82) is 0 Å². The van der Waals surface area contributed by atoms with Crippen LogP contribution in [-0.4, -0.2) is 341 Å². The quantitative estimate of drug-likeness (QED) is 0.0324. The Morgan fingerprint density at radius 3 is 1.17 bits per heavy atom. The summed E-state index contributed by atoms with van der Waals surface area (Å²) < 4.78 is 62.5. The van der Waals surface area contributed by atoms with Crippen LogP contribution in [0.15, 0.2) is 24.3 Å². The highest BCUT2D eigenvalue weighted by atomic mass is 16.7. The second-order valence-electron chi connectivity index (χ2n) is 25.5. The Kier molecular flexibility index (Phi) is 25.0. The van der Waals surface area contributed by atoms with Crippen molar-refractivity contribution in [3.05, 3.63) is 24.3 Å². The fourth-order valence-corrected chi connectivity index (χ4v) is 13.9. The predicted octanol–water partition coefficient (Wildman–Crippen LogP) is -9.80. The zero-order chi connectivity index (χ0) is 65.2. The smallest absolute Gasteiger partial charge is 0.330 e. The Balaban J connectivity index is 0.741. The third-order valence-corrected chi connectivity index (χ3v) is 19.2. The molecular formula is C57H91O33+. The van der Waals surface area contributed by atoms with E-state index < -0.39 is 252 Å². The number of allylic oxidation sites excluding steroid dienone is 2. The first-order valence-electron chi connectivity index (χ1n) is 30.9. The number of ether oxygens (including phenoxy) is 11. The van der Waals surface area contributed by atoms with Crippen molar-refractivity contribution >= 4 is 11.9 Å². The van der Waals surface area contributed by atoms with Crippen LogP contribution >= 0.6 is 0 Å². The van der Waals surface area contributed by atoms with Gasteiger partial charge in [-0.2, -0.15) is 0 Å². The van der Waals surface area contributed by atoms with Gasteiger partial charge in [-0.3, -0.25) is 0 Å². The second-order valence-corrected chi connectivity index (χ2v) is 25.5. The maximum absolute atomic E-state index is 13.1. The molecule has 5 heterocycles. The second kappa shape index (κ2) is 31.4. The molecule has 9 aliphatic rings. The average molecular weight is 1300 g/mol. The standard InChI is InChI=1S/C57H90O33/c58-16-34-41(68)45(72)49(76)54(87-34)83-29-5-1-20(9-25(29)61)3-7-38(65)80-18-36-43(70)47(74)51(78)55(89-36)84-30-6-2-21(10-26(30)62)4-8-39(66)81-19-37-44(71)48(75)52(79)57(90-37)86-33-15-24-31(82-53(33)22-11-27(63)40(67)28(64)12-22)13-23(60)14-32(24)85-56-50(77)46(73)42(69)35(17-59)88-56/h3-4,7-8,20-37,40-64,67-79H,1-2,5-6,9-19H2/p+1. The number of fused-ring (bicyclic) bond motifs is 1. The van der Waals surface area contributed by atoms with Crippen molar-refractivity contribution in [3.8, 4) is 0 Å². The minimum absolute atomic E-state index is 0.000936. The molecule has 0 aromatic carbocycles. The van der Waals surface area contributed by atoms with Gasteiger partial charge in [0.25, 0.3) is 0 Å². The highest BCUT2D eigenvalue weighted by Gasteiger charge is 2.58. The van der Waals surface area contributed by atoms with Gasteiger partial charge in [-0.15, -0.1) is 0 Å². The van der Waals surface area contributed by atoms with Gasteiger partial charge in [0.05, 0.1) is 68.0 Å². The molecular weight excluding hydrogens is 1210 g/mol. The van der Waals surface area contributed by atoms with Crippen LogP contribution in [0, 0.1) is 23.7 Å². The van der Waals surface area contributed by atoms with Crippen LogP contribution in [0.1, 0.15) is 70.6 Å². The monoisotopic (exact) mass is 1300 g/mol. The van der Waals surface area contributed by atoms with Crippen LogP contribution in [0.25, 0.3) is 0 Å². The third-order valence-electron chi connectivity index (χ3n) is 19.2. The van der Waals surface area contributed by atoms with Crippen molar-refractivity contribution in [2.24, 2.45) is 23.7 Å². The number of aliphatic hydroxyl groups is 22. The van der Waals surface area contributed by atoms with E-state index in [0.29, 0.717) is 12.8 Å². The Morgan fingerprint density at radius 2 is 0.767 bits per heavy atom. The number of hydrogen-bond acceptors (Lipinski definition) is 32. The zero-order valence-electron chi connectivity index (χ0n) is 49.0. The molecule has 4 saturated carbocycles. The molecule has 33 nitrogen and oxygen atoms in total. The molecule has 21 N–H and O–H groups in total. The SMILES string of the molecule is O=C(C=CC1CCC(OC2OC(CO)C(O)C(O)C2O)C(O)C1)OCC1OC(OC2CCC(C=CC(=O)OCC3OC(OC4CC5C(OC6OC(CO)C(O)C(O)C6O)CC(O)CC5[OH+]C4C4CC(O)C(O)C(O)C4)C(O)C(O)C3O)CC2O)C(O)C(O)C1O. The summed E-state index contributed by atoms with van der Waals surface area (Å²) in [6.07, 6.45) is -39.8. The minimum atomic E-state index is -1.93. The molecule has 5 saturated heterocycles. The van der Waals surface area contributed by atoms with Crippen molar-refractivity contribution in [2.45, 2.75) is 267 Å². The molecule has 516 valence electrons. The molecule has 33 heteroatoms. The summed E-state index contributed by atoms with van der Waals surface area (Å²) in [5.74, 6) is -3.91. The van der Waals surface area contributed by atoms with Gasteiger partial charge in [-0.25, -0.2) is 9.59 Å². The largest absolute Gasteiger partial charge is 0.460 e. The minimum Gasteiger partial charge on any atom is -0.460 e. The van der Waals surface area contributed by atoms with Crippen LogP contribution in [0.5, 0.6) is 0 Å². The summed E-state index contributed by atoms with van der Waals surface area (Å²) >= 11 is 0. The van der Waals surface area contributed by atoms with E-state index in [4.69, 9.17) is 52.1 Å². The van der Waals surface area contributed by atoms with Gasteiger partial charge >= 0.3 is 11.9 Å². The van der Waals surface area contributed by atoms with E-state index >= 15 is 0 Å². The number of carbonyl (C=O) groups is 2. The summed E-state index contributed by atoms with van der Waals surface area (Å²) in [7, 11) is 0. The molecule has 0 bridgehead atoms. The Morgan fingerprint density at radius 1 is 0.389 bits per heavy atom. The van der Waals surface area contributed by atoms with E-state index in [2.05, 4.69) is 0 Å². The molecule has 9 fully saturated rings. The fraction of sp³-hybridized carbons (Fsp3) is 0.895. The van der Waals surface area contributed by atoms with Gasteiger partial charge in [0, 0.05) is 30.9 Å². The van der Waals surface area contributed by atoms with Crippen molar-refractivity contribution < 1.29 is 164 Å². The van der Waals surface area contributed by atoms with Crippen molar-refractivity contribution in [2.75, 3.05) is 26.4 Å². The molecule has 34 unspecified atom stereocenters. The number of hydrogen-bond donors (Lipinski definition) is 20. The van der Waals surface area contributed by atoms with E-state index in [0.717, 1.165) is 12.2 Å². The molecule has 0 spiro atoms. The van der Waals surface area contributed by atoms with E-state index in [1.54, 1.807) is 0 Å². The van der Waals surface area contributed by atoms with E-state index in [9.17, 15) is 112 Å². The average Bonchev–Trinajstić information content (AvgIpc) is 0.830. The number of carbonyl (C=O) groups excluding carboxylic acids is 2. The highest BCUT2D eigenvalue weighted by Crippen LogP contribution is 2.44. The maximum Gasteiger partial charge on any atom is 0.330 e. The van der Waals surface area contributed by atoms with Crippen molar-refractivity contribution in [1.82, 2.24) is 0 Å². The van der Waals surface area contributed by atoms with E-state index in [-0.39, 0.29) is 63.7 Å².